The molecule has 1 aromatic rings. The van der Waals surface area contributed by atoms with Gasteiger partial charge in [-0.1, -0.05) is 20.8 Å². The third kappa shape index (κ3) is 6.61. The van der Waals surface area contributed by atoms with Gasteiger partial charge >= 0.3 is 5.97 Å². The van der Waals surface area contributed by atoms with Crippen LogP contribution < -0.4 is 5.32 Å². The van der Waals surface area contributed by atoms with E-state index in [9.17, 15) is 9.59 Å². The molecule has 0 aliphatic carbocycles. The number of hydrogen-bond donors (Lipinski definition) is 2. The first-order valence-corrected chi connectivity index (χ1v) is 7.26. The van der Waals surface area contributed by atoms with Gasteiger partial charge in [0.25, 0.3) is 5.91 Å². The fraction of sp³-hybridized carbons (Fsp3) is 0.529. The molecule has 0 aliphatic rings. The van der Waals surface area contributed by atoms with Crippen molar-refractivity contribution in [3.8, 4) is 5.75 Å². The molecule has 1 aromatic carbocycles. The molecule has 5 heteroatoms. The molecule has 1 amide bonds. The Hall–Kier alpha value is -2.04. The number of nitrogens with one attached hydrogen (secondary N) is 1. The van der Waals surface area contributed by atoms with Gasteiger partial charge in [-0.2, -0.15) is 0 Å². The highest BCUT2D eigenvalue weighted by atomic mass is 16.5. The predicted molar refractivity (Wildman–Crippen MR) is 84.7 cm³/mol. The molecule has 0 aliphatic heterocycles. The van der Waals surface area contributed by atoms with E-state index < -0.39 is 5.97 Å². The van der Waals surface area contributed by atoms with Crippen molar-refractivity contribution in [1.82, 2.24) is 5.32 Å². The van der Waals surface area contributed by atoms with Gasteiger partial charge in [0.2, 0.25) is 0 Å². The van der Waals surface area contributed by atoms with Gasteiger partial charge in [0, 0.05) is 5.54 Å². The lowest BCUT2D eigenvalue weighted by Gasteiger charge is -2.33. The molecule has 22 heavy (non-hydrogen) atoms. The van der Waals surface area contributed by atoms with E-state index in [1.54, 1.807) is 0 Å². The van der Waals surface area contributed by atoms with Crippen LogP contribution in [0.3, 0.4) is 0 Å². The average Bonchev–Trinajstić information content (AvgIpc) is 2.33. The SMILES string of the molecule is CC(C)(C)CC(C)(C)NC(=O)COC(=O)c1ccc(O)cc1. The van der Waals surface area contributed by atoms with Crippen LogP contribution in [0.1, 0.15) is 51.4 Å². The summed E-state index contributed by atoms with van der Waals surface area (Å²) in [5.74, 6) is -0.858. The molecule has 0 spiro atoms. The Morgan fingerprint density at radius 3 is 2.14 bits per heavy atom. The van der Waals surface area contributed by atoms with Crippen LogP contribution in [0.4, 0.5) is 0 Å². The lowest BCUT2D eigenvalue weighted by Crippen LogP contribution is -2.47. The maximum atomic E-state index is 11.9. The molecule has 0 heterocycles. The van der Waals surface area contributed by atoms with Crippen molar-refractivity contribution in [3.05, 3.63) is 29.8 Å². The highest BCUT2D eigenvalue weighted by Gasteiger charge is 2.27. The number of benzene rings is 1. The number of phenolic OH excluding ortho intramolecular Hbond substituents is 1. The Labute approximate surface area is 131 Å². The van der Waals surface area contributed by atoms with Crippen LogP contribution in [0.2, 0.25) is 0 Å². The Kier molecular flexibility index (Phi) is 5.58. The molecule has 2 N–H and O–H groups in total. The van der Waals surface area contributed by atoms with Crippen LogP contribution in [-0.4, -0.2) is 29.1 Å². The second-order valence-electron chi connectivity index (χ2n) is 7.29. The monoisotopic (exact) mass is 307 g/mol. The van der Waals surface area contributed by atoms with Crippen LogP contribution >= 0.6 is 0 Å². The quantitative estimate of drug-likeness (QED) is 0.820. The highest BCUT2D eigenvalue weighted by Crippen LogP contribution is 2.26. The van der Waals surface area contributed by atoms with Crippen molar-refractivity contribution in [2.24, 2.45) is 5.41 Å². The Balaban J connectivity index is 2.49. The van der Waals surface area contributed by atoms with Crippen molar-refractivity contribution in [1.29, 1.82) is 0 Å². The molecule has 0 atom stereocenters. The number of rotatable bonds is 5. The number of ether oxygens (including phenoxy) is 1. The Bertz CT molecular complexity index is 527. The van der Waals surface area contributed by atoms with Gasteiger partial charge in [0.15, 0.2) is 6.61 Å². The van der Waals surface area contributed by atoms with E-state index in [4.69, 9.17) is 9.84 Å². The van der Waals surface area contributed by atoms with Crippen LogP contribution in [0, 0.1) is 5.41 Å². The topological polar surface area (TPSA) is 75.6 Å². The second kappa shape index (κ2) is 6.81. The van der Waals surface area contributed by atoms with E-state index in [1.165, 1.54) is 24.3 Å². The summed E-state index contributed by atoms with van der Waals surface area (Å²) >= 11 is 0. The summed E-state index contributed by atoms with van der Waals surface area (Å²) in [6, 6.07) is 5.67. The van der Waals surface area contributed by atoms with Crippen LogP contribution in [0.5, 0.6) is 5.75 Å². The van der Waals surface area contributed by atoms with Gasteiger partial charge in [0.1, 0.15) is 5.75 Å². The van der Waals surface area contributed by atoms with Crippen LogP contribution in [-0.2, 0) is 9.53 Å². The summed E-state index contributed by atoms with van der Waals surface area (Å²) < 4.78 is 4.97. The smallest absolute Gasteiger partial charge is 0.338 e. The first-order valence-electron chi connectivity index (χ1n) is 7.26. The molecule has 122 valence electrons. The average molecular weight is 307 g/mol. The largest absolute Gasteiger partial charge is 0.508 e. The first-order chi connectivity index (χ1) is 9.98. The van der Waals surface area contributed by atoms with Crippen molar-refractivity contribution in [2.45, 2.75) is 46.6 Å². The fourth-order valence-corrected chi connectivity index (χ4v) is 2.60. The van der Waals surface area contributed by atoms with Crippen LogP contribution in [0.15, 0.2) is 24.3 Å². The van der Waals surface area contributed by atoms with Gasteiger partial charge in [-0.05, 0) is 49.9 Å². The first kappa shape index (κ1) is 18.0. The third-order valence-electron chi connectivity index (χ3n) is 2.89. The molecule has 0 saturated heterocycles. The molecule has 5 nitrogen and oxygen atoms in total. The molecular formula is C17H25NO4. The standard InChI is InChI=1S/C17H25NO4/c1-16(2,3)11-17(4,5)18-14(20)10-22-15(21)12-6-8-13(19)9-7-12/h6-9,19H,10-11H2,1-5H3,(H,18,20). The fourth-order valence-electron chi connectivity index (χ4n) is 2.60. The van der Waals surface area contributed by atoms with E-state index in [0.29, 0.717) is 5.56 Å². The van der Waals surface area contributed by atoms with Crippen molar-refractivity contribution < 1.29 is 19.4 Å². The number of carbonyl (C=O) groups excluding carboxylic acids is 2. The van der Waals surface area contributed by atoms with Gasteiger partial charge in [-0.15, -0.1) is 0 Å². The number of aromatic hydroxyl groups is 1. The van der Waals surface area contributed by atoms with E-state index in [0.717, 1.165) is 6.42 Å². The van der Waals surface area contributed by atoms with Gasteiger partial charge in [-0.25, -0.2) is 4.79 Å². The van der Waals surface area contributed by atoms with Crippen molar-refractivity contribution in [2.75, 3.05) is 6.61 Å². The van der Waals surface area contributed by atoms with E-state index in [2.05, 4.69) is 26.1 Å². The highest BCUT2D eigenvalue weighted by molar-refractivity contribution is 5.91. The maximum Gasteiger partial charge on any atom is 0.338 e. The van der Waals surface area contributed by atoms with Crippen molar-refractivity contribution in [3.63, 3.8) is 0 Å². The predicted octanol–water partition coefficient (Wildman–Crippen LogP) is 2.88. The number of carbonyl (C=O) groups is 2. The zero-order valence-corrected chi connectivity index (χ0v) is 13.9. The summed E-state index contributed by atoms with van der Waals surface area (Å²) in [5, 5.41) is 12.0. The Morgan fingerprint density at radius 2 is 1.64 bits per heavy atom. The molecule has 1 rings (SSSR count). The number of amides is 1. The summed E-state index contributed by atoms with van der Waals surface area (Å²) in [5.41, 5.74) is -0.000639. The maximum absolute atomic E-state index is 11.9. The summed E-state index contributed by atoms with van der Waals surface area (Å²) in [6.07, 6.45) is 0.803. The summed E-state index contributed by atoms with van der Waals surface area (Å²) in [7, 11) is 0. The summed E-state index contributed by atoms with van der Waals surface area (Å²) in [4.78, 5) is 23.7. The zero-order chi connectivity index (χ0) is 17.0. The number of phenols is 1. The molecule has 0 unspecified atom stereocenters. The molecule has 0 saturated carbocycles. The molecular weight excluding hydrogens is 282 g/mol. The minimum atomic E-state index is -0.594. The van der Waals surface area contributed by atoms with E-state index in [1.807, 2.05) is 13.8 Å². The van der Waals surface area contributed by atoms with E-state index in [-0.39, 0.29) is 29.2 Å². The molecule has 0 aromatic heterocycles. The second-order valence-corrected chi connectivity index (χ2v) is 7.29. The van der Waals surface area contributed by atoms with Gasteiger partial charge < -0.3 is 15.2 Å². The Morgan fingerprint density at radius 1 is 1.09 bits per heavy atom. The third-order valence-corrected chi connectivity index (χ3v) is 2.89. The number of esters is 1. The summed E-state index contributed by atoms with van der Waals surface area (Å²) in [6.45, 7) is 9.87. The zero-order valence-electron chi connectivity index (χ0n) is 13.9. The molecule has 0 fully saturated rings. The van der Waals surface area contributed by atoms with Crippen molar-refractivity contribution >= 4 is 11.9 Å². The number of hydrogen-bond acceptors (Lipinski definition) is 4. The lowest BCUT2D eigenvalue weighted by molar-refractivity contribution is -0.126. The molecule has 0 bridgehead atoms. The van der Waals surface area contributed by atoms with E-state index >= 15 is 0 Å². The van der Waals surface area contributed by atoms with Crippen LogP contribution in [0.25, 0.3) is 0 Å². The normalized spacial score (nSPS) is 11.9. The minimum absolute atomic E-state index is 0.0678. The minimum Gasteiger partial charge on any atom is -0.508 e. The molecule has 0 radical (unpaired) electrons. The lowest BCUT2D eigenvalue weighted by atomic mass is 9.82. The van der Waals surface area contributed by atoms with Gasteiger partial charge in [-0.3, -0.25) is 4.79 Å². The van der Waals surface area contributed by atoms with Gasteiger partial charge in [0.05, 0.1) is 5.56 Å².